The molecule has 0 radical (unpaired) electrons. The summed E-state index contributed by atoms with van der Waals surface area (Å²) in [6, 6.07) is 8.28. The normalized spacial score (nSPS) is 15.5. The molecule has 0 saturated heterocycles. The lowest BCUT2D eigenvalue weighted by Crippen LogP contribution is -2.15. The minimum absolute atomic E-state index is 0.172. The molecule has 0 N–H and O–H groups in total. The van der Waals surface area contributed by atoms with Crippen LogP contribution in [0.4, 0.5) is 0 Å². The highest BCUT2D eigenvalue weighted by molar-refractivity contribution is 6.07. The Morgan fingerprint density at radius 1 is 1.24 bits per heavy atom. The fourth-order valence-electron chi connectivity index (χ4n) is 2.80. The van der Waals surface area contributed by atoms with E-state index in [4.69, 9.17) is 4.74 Å². The van der Waals surface area contributed by atoms with Gasteiger partial charge in [-0.05, 0) is 44.4 Å². The maximum Gasteiger partial charge on any atom is 0.348 e. The van der Waals surface area contributed by atoms with Crippen molar-refractivity contribution in [1.82, 2.24) is 0 Å². The number of allylic oxidation sites excluding steroid dienone is 5. The highest BCUT2D eigenvalue weighted by Crippen LogP contribution is 2.32. The van der Waals surface area contributed by atoms with E-state index in [9.17, 15) is 4.79 Å². The molecule has 0 aliphatic heterocycles. The summed E-state index contributed by atoms with van der Waals surface area (Å²) in [5.41, 5.74) is 5.70. The summed E-state index contributed by atoms with van der Waals surface area (Å²) in [6.45, 7) is 12.0. The van der Waals surface area contributed by atoms with E-state index in [1.54, 1.807) is 0 Å². The van der Waals surface area contributed by atoms with E-state index in [1.165, 1.54) is 11.1 Å². The van der Waals surface area contributed by atoms with Crippen LogP contribution in [0, 0.1) is 6.42 Å². The lowest BCUT2D eigenvalue weighted by atomic mass is 9.87. The smallest absolute Gasteiger partial charge is 0.348 e. The van der Waals surface area contributed by atoms with Crippen molar-refractivity contribution in [2.24, 2.45) is 0 Å². The van der Waals surface area contributed by atoms with Crippen LogP contribution in [0.2, 0.25) is 0 Å². The Labute approximate surface area is 151 Å². The molecule has 0 atom stereocenters. The van der Waals surface area contributed by atoms with Crippen molar-refractivity contribution in [3.8, 4) is 0 Å². The quantitative estimate of drug-likeness (QED) is 0.383. The maximum absolute atomic E-state index is 12.5. The van der Waals surface area contributed by atoms with E-state index in [1.807, 2.05) is 38.5 Å². The maximum atomic E-state index is 12.5. The summed E-state index contributed by atoms with van der Waals surface area (Å²) in [5.74, 6) is -0.367. The fraction of sp³-hybridized carbons (Fsp3) is 0.304. The Kier molecular flexibility index (Phi) is 6.46. The average molecular weight is 335 g/mol. The lowest BCUT2D eigenvalue weighted by Gasteiger charge is -2.14. The first-order valence-electron chi connectivity index (χ1n) is 8.92. The van der Waals surface area contributed by atoms with Gasteiger partial charge in [0.25, 0.3) is 0 Å². The predicted octanol–water partition coefficient (Wildman–Crippen LogP) is 5.62. The molecule has 1 aliphatic carbocycles. The molecule has 0 aromatic heterocycles. The van der Waals surface area contributed by atoms with Crippen molar-refractivity contribution < 1.29 is 9.53 Å². The Balaban J connectivity index is 2.56. The van der Waals surface area contributed by atoms with Crippen LogP contribution in [-0.2, 0) is 16.0 Å². The van der Waals surface area contributed by atoms with Gasteiger partial charge in [-0.2, -0.15) is 0 Å². The van der Waals surface area contributed by atoms with Crippen molar-refractivity contribution in [1.29, 1.82) is 0 Å². The number of hydrogen-bond donors (Lipinski definition) is 0. The zero-order valence-electron chi connectivity index (χ0n) is 15.6. The molecule has 1 aliphatic rings. The molecule has 0 spiro atoms. The van der Waals surface area contributed by atoms with Crippen LogP contribution in [-0.4, -0.2) is 12.1 Å². The van der Waals surface area contributed by atoms with Crippen molar-refractivity contribution in [2.75, 3.05) is 0 Å². The van der Waals surface area contributed by atoms with Crippen molar-refractivity contribution in [2.45, 2.75) is 46.6 Å². The number of benzene rings is 1. The topological polar surface area (TPSA) is 26.3 Å². The van der Waals surface area contributed by atoms with Crippen molar-refractivity contribution >= 4 is 11.5 Å². The summed E-state index contributed by atoms with van der Waals surface area (Å²) in [5, 5.41) is 0. The lowest BCUT2D eigenvalue weighted by molar-refractivity contribution is -0.142. The Hall–Kier alpha value is -2.48. The highest BCUT2D eigenvalue weighted by Gasteiger charge is 2.26. The van der Waals surface area contributed by atoms with Crippen LogP contribution in [0.1, 0.15) is 45.2 Å². The van der Waals surface area contributed by atoms with Gasteiger partial charge in [0.15, 0.2) is 0 Å². The average Bonchev–Trinajstić information content (AvgIpc) is 2.61. The third-order valence-corrected chi connectivity index (χ3v) is 4.14. The molecule has 1 aromatic rings. The molecule has 2 heteroatoms. The first kappa shape index (κ1) is 18.9. The Morgan fingerprint density at radius 3 is 2.64 bits per heavy atom. The number of ether oxygens (including phenoxy) is 1. The van der Waals surface area contributed by atoms with E-state index >= 15 is 0 Å². The Bertz CT molecular complexity index is 745. The first-order valence-corrected chi connectivity index (χ1v) is 8.92. The van der Waals surface area contributed by atoms with Crippen molar-refractivity contribution in [3.05, 3.63) is 83.3 Å². The van der Waals surface area contributed by atoms with E-state index in [0.29, 0.717) is 5.57 Å². The number of carbonyl (C=O) groups is 1. The summed E-state index contributed by atoms with van der Waals surface area (Å²) in [4.78, 5) is 12.5. The van der Waals surface area contributed by atoms with Crippen molar-refractivity contribution in [3.63, 3.8) is 0 Å². The molecule has 0 heterocycles. The molecule has 130 valence electrons. The van der Waals surface area contributed by atoms with Gasteiger partial charge in [0, 0.05) is 35.8 Å². The van der Waals surface area contributed by atoms with Crippen LogP contribution in [0.3, 0.4) is 0 Å². The molecule has 1 aromatic carbocycles. The van der Waals surface area contributed by atoms with Crippen LogP contribution in [0.5, 0.6) is 0 Å². The van der Waals surface area contributed by atoms with Crippen LogP contribution >= 0.6 is 0 Å². The van der Waals surface area contributed by atoms with Gasteiger partial charge < -0.3 is 4.74 Å². The van der Waals surface area contributed by atoms with Gasteiger partial charge in [-0.1, -0.05) is 32.6 Å². The summed E-state index contributed by atoms with van der Waals surface area (Å²) >= 11 is 0. The van der Waals surface area contributed by atoms with Gasteiger partial charge in [0.1, 0.15) is 11.1 Å². The number of esters is 1. The monoisotopic (exact) mass is 335 g/mol. The third-order valence-electron chi connectivity index (χ3n) is 4.14. The van der Waals surface area contributed by atoms with E-state index < -0.39 is 0 Å². The molecule has 0 saturated carbocycles. The second-order valence-corrected chi connectivity index (χ2v) is 6.42. The Morgan fingerprint density at radius 2 is 2.00 bits per heavy atom. The minimum Gasteiger partial charge on any atom is -0.459 e. The largest absolute Gasteiger partial charge is 0.459 e. The van der Waals surface area contributed by atoms with Crippen LogP contribution in [0.15, 0.2) is 65.8 Å². The standard InChI is InChI=1S/C23H27O2/c1-6-18-10-8-12-20(14-18)22(17(5)23(24)25-16(3)4)21-13-9-11-19(7-2)15-21/h8-16H,5-7H2,1-4H3/q+1/b22-20-. The summed E-state index contributed by atoms with van der Waals surface area (Å²) < 4.78 is 5.39. The van der Waals surface area contributed by atoms with Gasteiger partial charge in [-0.25, -0.2) is 4.79 Å². The number of aryl methyl sites for hydroxylation is 1. The minimum atomic E-state index is -0.367. The summed E-state index contributed by atoms with van der Waals surface area (Å²) in [6.07, 6.45) is 9.99. The van der Waals surface area contributed by atoms with Gasteiger partial charge in [0.2, 0.25) is 0 Å². The van der Waals surface area contributed by atoms with Gasteiger partial charge in [-0.15, -0.1) is 0 Å². The molecule has 2 nitrogen and oxygen atoms in total. The predicted molar refractivity (Wildman–Crippen MR) is 105 cm³/mol. The molecular formula is C23H27O2+. The van der Waals surface area contributed by atoms with Gasteiger partial charge in [-0.3, -0.25) is 0 Å². The molecular weight excluding hydrogens is 308 g/mol. The number of carbonyl (C=O) groups excluding carboxylic acids is 1. The summed E-state index contributed by atoms with van der Waals surface area (Å²) in [7, 11) is 0. The third kappa shape index (κ3) is 4.76. The molecule has 0 fully saturated rings. The van der Waals surface area contributed by atoms with E-state index in [-0.39, 0.29) is 12.1 Å². The zero-order chi connectivity index (χ0) is 18.4. The van der Waals surface area contributed by atoms with E-state index in [0.717, 1.165) is 29.6 Å². The van der Waals surface area contributed by atoms with Crippen LogP contribution < -0.4 is 0 Å². The second kappa shape index (κ2) is 8.57. The van der Waals surface area contributed by atoms with E-state index in [2.05, 4.69) is 44.7 Å². The first-order chi connectivity index (χ1) is 12.0. The second-order valence-electron chi connectivity index (χ2n) is 6.42. The molecule has 2 rings (SSSR count). The fourth-order valence-corrected chi connectivity index (χ4v) is 2.80. The number of rotatable bonds is 6. The highest BCUT2D eigenvalue weighted by atomic mass is 16.5. The molecule has 0 bridgehead atoms. The number of hydrogen-bond acceptors (Lipinski definition) is 2. The molecule has 0 unspecified atom stereocenters. The van der Waals surface area contributed by atoms with Gasteiger partial charge in [0.05, 0.1) is 11.7 Å². The molecule has 25 heavy (non-hydrogen) atoms. The van der Waals surface area contributed by atoms with Crippen LogP contribution in [0.25, 0.3) is 5.57 Å². The molecule has 0 amide bonds. The zero-order valence-corrected chi connectivity index (χ0v) is 15.6. The SMILES string of the molecule is C=C(C(=O)OC(C)C)/C(=C1/C=C(CC)C=C[CH+]1)c1cccc(CC)c1. The van der Waals surface area contributed by atoms with Gasteiger partial charge >= 0.3 is 5.97 Å².